The summed E-state index contributed by atoms with van der Waals surface area (Å²) in [6.07, 6.45) is 0.584. The number of halogens is 2. The second-order valence-electron chi connectivity index (χ2n) is 4.95. The molecule has 19 heavy (non-hydrogen) atoms. The van der Waals surface area contributed by atoms with E-state index >= 15 is 0 Å². The van der Waals surface area contributed by atoms with Gasteiger partial charge in [-0.15, -0.1) is 0 Å². The zero-order chi connectivity index (χ0) is 14.4. The Morgan fingerprint density at radius 2 is 1.74 bits per heavy atom. The van der Waals surface area contributed by atoms with Gasteiger partial charge in [0.1, 0.15) is 11.6 Å². The van der Waals surface area contributed by atoms with Crippen molar-refractivity contribution < 1.29 is 13.9 Å². The average molecular weight is 272 g/mol. The summed E-state index contributed by atoms with van der Waals surface area (Å²) >= 11 is 0. The lowest BCUT2D eigenvalue weighted by atomic mass is 10.0. The van der Waals surface area contributed by atoms with Crippen molar-refractivity contribution in [3.8, 4) is 0 Å². The molecule has 0 fully saturated rings. The van der Waals surface area contributed by atoms with Gasteiger partial charge in [-0.1, -0.05) is 0 Å². The van der Waals surface area contributed by atoms with E-state index in [9.17, 15) is 8.78 Å². The van der Waals surface area contributed by atoms with E-state index in [0.29, 0.717) is 31.1 Å². The first-order valence-corrected chi connectivity index (χ1v) is 6.50. The molecule has 3 N–H and O–H groups in total. The molecule has 0 aliphatic heterocycles. The van der Waals surface area contributed by atoms with Crippen LogP contribution in [0, 0.1) is 11.6 Å². The number of nitrogens with two attached hydrogens (primary N) is 1. The summed E-state index contributed by atoms with van der Waals surface area (Å²) in [5.41, 5.74) is 6.42. The van der Waals surface area contributed by atoms with Gasteiger partial charge in [0.05, 0.1) is 6.61 Å². The Morgan fingerprint density at radius 1 is 1.16 bits per heavy atom. The number of hydrogen-bond acceptors (Lipinski definition) is 3. The summed E-state index contributed by atoms with van der Waals surface area (Å²) in [6.45, 7) is 5.40. The lowest BCUT2D eigenvalue weighted by molar-refractivity contribution is 0.161. The fourth-order valence-electron chi connectivity index (χ4n) is 2.02. The minimum atomic E-state index is -0.610. The van der Waals surface area contributed by atoms with Crippen LogP contribution in [0.4, 0.5) is 8.78 Å². The van der Waals surface area contributed by atoms with E-state index in [0.717, 1.165) is 6.07 Å². The van der Waals surface area contributed by atoms with Gasteiger partial charge >= 0.3 is 0 Å². The lowest BCUT2D eigenvalue weighted by Crippen LogP contribution is -2.35. The van der Waals surface area contributed by atoms with Crippen LogP contribution in [0.5, 0.6) is 0 Å². The second-order valence-corrected chi connectivity index (χ2v) is 4.95. The van der Waals surface area contributed by atoms with Crippen LogP contribution >= 0.6 is 0 Å². The molecule has 0 bridgehead atoms. The van der Waals surface area contributed by atoms with Gasteiger partial charge in [0.2, 0.25) is 0 Å². The third-order valence-corrected chi connectivity index (χ3v) is 3.16. The van der Waals surface area contributed by atoms with Crippen LogP contribution in [-0.4, -0.2) is 35.7 Å². The third-order valence-electron chi connectivity index (χ3n) is 3.16. The maximum absolute atomic E-state index is 13.1. The first-order valence-electron chi connectivity index (χ1n) is 6.50. The SMILES string of the molecule is CC(C)N(CCO)CCC(N)c1cc(F)cc(F)c1. The van der Waals surface area contributed by atoms with E-state index in [2.05, 4.69) is 4.90 Å². The largest absolute Gasteiger partial charge is 0.395 e. The topological polar surface area (TPSA) is 49.5 Å². The number of aliphatic hydroxyl groups is 1. The van der Waals surface area contributed by atoms with Crippen molar-refractivity contribution in [2.45, 2.75) is 32.4 Å². The number of hydrogen-bond donors (Lipinski definition) is 2. The molecule has 1 aromatic carbocycles. The molecule has 0 saturated heterocycles. The molecular weight excluding hydrogens is 250 g/mol. The Kier molecular flexibility index (Phi) is 6.34. The van der Waals surface area contributed by atoms with Crippen LogP contribution < -0.4 is 5.73 Å². The summed E-state index contributed by atoms with van der Waals surface area (Å²) in [4.78, 5) is 2.08. The Hall–Kier alpha value is -1.04. The van der Waals surface area contributed by atoms with Gasteiger partial charge in [0.15, 0.2) is 0 Å². The number of nitrogens with zero attached hydrogens (tertiary/aromatic N) is 1. The van der Waals surface area contributed by atoms with Crippen LogP contribution in [0.2, 0.25) is 0 Å². The van der Waals surface area contributed by atoms with E-state index in [1.54, 1.807) is 0 Å². The van der Waals surface area contributed by atoms with E-state index in [1.807, 2.05) is 13.8 Å². The number of aliphatic hydroxyl groups excluding tert-OH is 1. The van der Waals surface area contributed by atoms with E-state index < -0.39 is 17.7 Å². The standard InChI is InChI=1S/C14H22F2N2O/c1-10(2)18(5-6-19)4-3-14(17)11-7-12(15)9-13(16)8-11/h7-10,14,19H,3-6,17H2,1-2H3. The molecule has 0 aliphatic rings. The van der Waals surface area contributed by atoms with Gasteiger partial charge in [-0.3, -0.25) is 4.90 Å². The van der Waals surface area contributed by atoms with Gasteiger partial charge in [-0.25, -0.2) is 8.78 Å². The summed E-state index contributed by atoms with van der Waals surface area (Å²) < 4.78 is 26.2. The molecule has 0 heterocycles. The van der Waals surface area contributed by atoms with Gasteiger partial charge in [-0.2, -0.15) is 0 Å². The summed E-state index contributed by atoms with van der Waals surface area (Å²) in [5.74, 6) is -1.22. The van der Waals surface area contributed by atoms with Crippen LogP contribution in [0.3, 0.4) is 0 Å². The molecule has 0 saturated carbocycles. The monoisotopic (exact) mass is 272 g/mol. The van der Waals surface area contributed by atoms with Gasteiger partial charge in [0, 0.05) is 31.2 Å². The fourth-order valence-corrected chi connectivity index (χ4v) is 2.02. The molecule has 1 unspecified atom stereocenters. The molecule has 5 heteroatoms. The summed E-state index contributed by atoms with van der Waals surface area (Å²) in [7, 11) is 0. The highest BCUT2D eigenvalue weighted by Gasteiger charge is 2.13. The van der Waals surface area contributed by atoms with Crippen LogP contribution in [0.15, 0.2) is 18.2 Å². The Morgan fingerprint density at radius 3 is 2.21 bits per heavy atom. The van der Waals surface area contributed by atoms with Crippen molar-refractivity contribution in [3.63, 3.8) is 0 Å². The maximum Gasteiger partial charge on any atom is 0.126 e. The van der Waals surface area contributed by atoms with Crippen LogP contribution in [-0.2, 0) is 0 Å². The first-order chi connectivity index (χ1) is 8.93. The van der Waals surface area contributed by atoms with Crippen molar-refractivity contribution in [1.82, 2.24) is 4.90 Å². The van der Waals surface area contributed by atoms with Crippen molar-refractivity contribution in [3.05, 3.63) is 35.4 Å². The summed E-state index contributed by atoms with van der Waals surface area (Å²) in [5, 5.41) is 8.97. The smallest absolute Gasteiger partial charge is 0.126 e. The summed E-state index contributed by atoms with van der Waals surface area (Å²) in [6, 6.07) is 3.25. The molecular formula is C14H22F2N2O. The average Bonchev–Trinajstić information content (AvgIpc) is 2.32. The van der Waals surface area contributed by atoms with E-state index in [1.165, 1.54) is 12.1 Å². The highest BCUT2D eigenvalue weighted by atomic mass is 19.1. The molecule has 1 atom stereocenters. The molecule has 0 aromatic heterocycles. The fraction of sp³-hybridized carbons (Fsp3) is 0.571. The zero-order valence-corrected chi connectivity index (χ0v) is 11.4. The third kappa shape index (κ3) is 5.22. The predicted molar refractivity (Wildman–Crippen MR) is 71.7 cm³/mol. The van der Waals surface area contributed by atoms with E-state index in [-0.39, 0.29) is 6.61 Å². The number of rotatable bonds is 7. The Bertz CT molecular complexity index is 379. The highest BCUT2D eigenvalue weighted by Crippen LogP contribution is 2.18. The molecule has 1 aromatic rings. The Balaban J connectivity index is 2.60. The Labute approximate surface area is 113 Å². The maximum atomic E-state index is 13.1. The minimum absolute atomic E-state index is 0.0853. The second kappa shape index (κ2) is 7.53. The van der Waals surface area contributed by atoms with Crippen molar-refractivity contribution in [1.29, 1.82) is 0 Å². The van der Waals surface area contributed by atoms with Crippen molar-refractivity contribution in [2.75, 3.05) is 19.7 Å². The minimum Gasteiger partial charge on any atom is -0.395 e. The molecule has 3 nitrogen and oxygen atoms in total. The van der Waals surface area contributed by atoms with E-state index in [4.69, 9.17) is 10.8 Å². The van der Waals surface area contributed by atoms with Crippen LogP contribution in [0.25, 0.3) is 0 Å². The molecule has 1 rings (SSSR count). The van der Waals surface area contributed by atoms with Gasteiger partial charge in [0.25, 0.3) is 0 Å². The lowest BCUT2D eigenvalue weighted by Gasteiger charge is -2.26. The first kappa shape index (κ1) is 16.0. The molecule has 0 spiro atoms. The predicted octanol–water partition coefficient (Wildman–Crippen LogP) is 2.06. The zero-order valence-electron chi connectivity index (χ0n) is 11.4. The van der Waals surface area contributed by atoms with Crippen molar-refractivity contribution in [2.24, 2.45) is 5.73 Å². The quantitative estimate of drug-likeness (QED) is 0.799. The highest BCUT2D eigenvalue weighted by molar-refractivity contribution is 5.21. The molecule has 0 amide bonds. The van der Waals surface area contributed by atoms with Gasteiger partial charge < -0.3 is 10.8 Å². The molecule has 0 aliphatic carbocycles. The van der Waals surface area contributed by atoms with Crippen molar-refractivity contribution >= 4 is 0 Å². The molecule has 0 radical (unpaired) electrons. The normalized spacial score (nSPS) is 13.3. The van der Waals surface area contributed by atoms with Gasteiger partial charge in [-0.05, 0) is 38.0 Å². The molecule has 108 valence electrons. The number of benzene rings is 1. The van der Waals surface area contributed by atoms with Crippen LogP contribution in [0.1, 0.15) is 31.9 Å².